The molecule has 4 N–H and O–H groups in total. The third-order valence-corrected chi connectivity index (χ3v) is 2.11. The average molecular weight is 195 g/mol. The van der Waals surface area contributed by atoms with Crippen LogP contribution in [0.5, 0.6) is 0 Å². The molecule has 0 saturated heterocycles. The highest BCUT2D eigenvalue weighted by Crippen LogP contribution is 2.17. The number of hydrogen-bond donors (Lipinski definition) is 3. The van der Waals surface area contributed by atoms with E-state index in [0.717, 1.165) is 12.0 Å². The number of pyridine rings is 1. The Morgan fingerprint density at radius 3 is 2.86 bits per heavy atom. The van der Waals surface area contributed by atoms with Crippen LogP contribution in [0.25, 0.3) is 0 Å². The van der Waals surface area contributed by atoms with E-state index in [4.69, 9.17) is 10.8 Å². The minimum Gasteiger partial charge on any atom is -0.396 e. The van der Waals surface area contributed by atoms with Crippen LogP contribution in [0.15, 0.2) is 12.3 Å². The van der Waals surface area contributed by atoms with Gasteiger partial charge >= 0.3 is 0 Å². The molecule has 14 heavy (non-hydrogen) atoms. The van der Waals surface area contributed by atoms with Gasteiger partial charge in [0.25, 0.3) is 0 Å². The second-order valence-corrected chi connectivity index (χ2v) is 3.38. The smallest absolute Gasteiger partial charge is 0.149 e. The molecule has 1 unspecified atom stereocenters. The molecule has 0 fully saturated rings. The van der Waals surface area contributed by atoms with Crippen LogP contribution in [-0.2, 0) is 0 Å². The standard InChI is InChI=1S/C10H17N3O/c1-3-8(6-14)13-10-9(11)4-7(2)5-12-10/h4-5,8,14H,3,6,11H2,1-2H3,(H,12,13). The summed E-state index contributed by atoms with van der Waals surface area (Å²) in [6, 6.07) is 1.88. The molecular weight excluding hydrogens is 178 g/mol. The molecule has 1 aromatic rings. The van der Waals surface area contributed by atoms with Gasteiger partial charge in [-0.05, 0) is 25.0 Å². The van der Waals surface area contributed by atoms with Gasteiger partial charge in [-0.25, -0.2) is 4.98 Å². The summed E-state index contributed by atoms with van der Waals surface area (Å²) < 4.78 is 0. The van der Waals surface area contributed by atoms with Crippen LogP contribution in [-0.4, -0.2) is 22.7 Å². The first-order chi connectivity index (χ1) is 6.67. The van der Waals surface area contributed by atoms with Crippen molar-refractivity contribution in [2.75, 3.05) is 17.7 Å². The number of rotatable bonds is 4. The molecule has 0 bridgehead atoms. The van der Waals surface area contributed by atoms with Gasteiger partial charge in [0.05, 0.1) is 18.3 Å². The fraction of sp³-hybridized carbons (Fsp3) is 0.500. The summed E-state index contributed by atoms with van der Waals surface area (Å²) in [6.45, 7) is 4.03. The van der Waals surface area contributed by atoms with Crippen molar-refractivity contribution in [1.29, 1.82) is 0 Å². The fourth-order valence-electron chi connectivity index (χ4n) is 1.18. The molecule has 0 aromatic carbocycles. The van der Waals surface area contributed by atoms with Crippen molar-refractivity contribution < 1.29 is 5.11 Å². The molecule has 0 saturated carbocycles. The predicted molar refractivity (Wildman–Crippen MR) is 58.2 cm³/mol. The van der Waals surface area contributed by atoms with Gasteiger partial charge in [-0.15, -0.1) is 0 Å². The molecule has 4 nitrogen and oxygen atoms in total. The fourth-order valence-corrected chi connectivity index (χ4v) is 1.18. The van der Waals surface area contributed by atoms with E-state index >= 15 is 0 Å². The van der Waals surface area contributed by atoms with Crippen molar-refractivity contribution in [1.82, 2.24) is 4.98 Å². The molecule has 0 spiro atoms. The first-order valence-electron chi connectivity index (χ1n) is 4.77. The maximum atomic E-state index is 9.00. The Kier molecular flexibility index (Phi) is 3.71. The van der Waals surface area contributed by atoms with Gasteiger partial charge in [0.1, 0.15) is 5.82 Å². The zero-order chi connectivity index (χ0) is 10.6. The molecule has 0 aliphatic heterocycles. The van der Waals surface area contributed by atoms with Crippen LogP contribution in [0, 0.1) is 6.92 Å². The first kappa shape index (κ1) is 10.8. The molecule has 4 heteroatoms. The lowest BCUT2D eigenvalue weighted by Crippen LogP contribution is -2.23. The molecule has 0 aliphatic carbocycles. The summed E-state index contributed by atoms with van der Waals surface area (Å²) in [4.78, 5) is 4.17. The van der Waals surface area contributed by atoms with Crippen LogP contribution >= 0.6 is 0 Å². The van der Waals surface area contributed by atoms with Gasteiger partial charge < -0.3 is 16.2 Å². The van der Waals surface area contributed by atoms with E-state index in [1.54, 1.807) is 6.20 Å². The van der Waals surface area contributed by atoms with Crippen LogP contribution in [0.3, 0.4) is 0 Å². The number of nitrogens with two attached hydrogens (primary N) is 1. The molecule has 1 aromatic heterocycles. The van der Waals surface area contributed by atoms with E-state index in [1.165, 1.54) is 0 Å². The van der Waals surface area contributed by atoms with E-state index in [2.05, 4.69) is 10.3 Å². The lowest BCUT2D eigenvalue weighted by atomic mass is 10.2. The third-order valence-electron chi connectivity index (χ3n) is 2.11. The van der Waals surface area contributed by atoms with Crippen molar-refractivity contribution in [3.05, 3.63) is 17.8 Å². The molecule has 1 atom stereocenters. The molecule has 0 aliphatic rings. The monoisotopic (exact) mass is 195 g/mol. The van der Waals surface area contributed by atoms with Gasteiger partial charge in [-0.2, -0.15) is 0 Å². The van der Waals surface area contributed by atoms with Crippen LogP contribution < -0.4 is 11.1 Å². The quantitative estimate of drug-likeness (QED) is 0.674. The number of anilines is 2. The third kappa shape index (κ3) is 2.60. The van der Waals surface area contributed by atoms with Gasteiger partial charge in [-0.1, -0.05) is 6.92 Å². The minimum atomic E-state index is 0.0208. The first-order valence-corrected chi connectivity index (χ1v) is 4.77. The number of aliphatic hydroxyl groups is 1. The van der Waals surface area contributed by atoms with Crippen molar-refractivity contribution in [2.24, 2.45) is 0 Å². The van der Waals surface area contributed by atoms with E-state index in [9.17, 15) is 0 Å². The van der Waals surface area contributed by atoms with E-state index in [0.29, 0.717) is 11.5 Å². The van der Waals surface area contributed by atoms with Gasteiger partial charge in [0.15, 0.2) is 0 Å². The predicted octanol–water partition coefficient (Wildman–Crippen LogP) is 1.16. The second kappa shape index (κ2) is 4.81. The SMILES string of the molecule is CCC(CO)Nc1ncc(C)cc1N. The molecule has 78 valence electrons. The maximum Gasteiger partial charge on any atom is 0.149 e. The van der Waals surface area contributed by atoms with Gasteiger partial charge in [0.2, 0.25) is 0 Å². The zero-order valence-corrected chi connectivity index (χ0v) is 8.62. The lowest BCUT2D eigenvalue weighted by Gasteiger charge is -2.16. The van der Waals surface area contributed by atoms with E-state index in [-0.39, 0.29) is 12.6 Å². The van der Waals surface area contributed by atoms with Crippen molar-refractivity contribution >= 4 is 11.5 Å². The highest BCUT2D eigenvalue weighted by Gasteiger charge is 2.07. The zero-order valence-electron chi connectivity index (χ0n) is 8.62. The largest absolute Gasteiger partial charge is 0.396 e. The van der Waals surface area contributed by atoms with Crippen molar-refractivity contribution in [3.8, 4) is 0 Å². The summed E-state index contributed by atoms with van der Waals surface area (Å²) in [5, 5.41) is 12.1. The Balaban J connectivity index is 2.76. The Hall–Kier alpha value is -1.29. The van der Waals surface area contributed by atoms with Crippen molar-refractivity contribution in [2.45, 2.75) is 26.3 Å². The number of aromatic nitrogens is 1. The topological polar surface area (TPSA) is 71.2 Å². The molecule has 1 heterocycles. The van der Waals surface area contributed by atoms with Gasteiger partial charge in [0, 0.05) is 6.20 Å². The Morgan fingerprint density at radius 1 is 1.64 bits per heavy atom. The molecule has 0 amide bonds. The minimum absolute atomic E-state index is 0.0208. The van der Waals surface area contributed by atoms with Crippen LogP contribution in [0.1, 0.15) is 18.9 Å². The lowest BCUT2D eigenvalue weighted by molar-refractivity contribution is 0.271. The molecule has 1 rings (SSSR count). The summed E-state index contributed by atoms with van der Waals surface area (Å²) in [6.07, 6.45) is 2.59. The molecule has 0 radical (unpaired) electrons. The van der Waals surface area contributed by atoms with Gasteiger partial charge in [-0.3, -0.25) is 0 Å². The van der Waals surface area contributed by atoms with Crippen LogP contribution in [0.2, 0.25) is 0 Å². The maximum absolute atomic E-state index is 9.00. The van der Waals surface area contributed by atoms with E-state index in [1.807, 2.05) is 19.9 Å². The van der Waals surface area contributed by atoms with E-state index < -0.39 is 0 Å². The summed E-state index contributed by atoms with van der Waals surface area (Å²) in [5.74, 6) is 0.650. The van der Waals surface area contributed by atoms with Crippen molar-refractivity contribution in [3.63, 3.8) is 0 Å². The number of aryl methyl sites for hydroxylation is 1. The Bertz CT molecular complexity index is 297. The highest BCUT2D eigenvalue weighted by molar-refractivity contribution is 5.61. The average Bonchev–Trinajstić information content (AvgIpc) is 2.17. The number of nitrogens with zero attached hydrogens (tertiary/aromatic N) is 1. The molecular formula is C10H17N3O. The summed E-state index contributed by atoms with van der Waals surface area (Å²) >= 11 is 0. The normalized spacial score (nSPS) is 12.5. The highest BCUT2D eigenvalue weighted by atomic mass is 16.3. The summed E-state index contributed by atoms with van der Waals surface area (Å²) in [7, 11) is 0. The number of aliphatic hydroxyl groups excluding tert-OH is 1. The Labute approximate surface area is 84.2 Å². The summed E-state index contributed by atoms with van der Waals surface area (Å²) in [5.41, 5.74) is 7.43. The Morgan fingerprint density at radius 2 is 2.36 bits per heavy atom. The number of nitrogen functional groups attached to an aromatic ring is 1. The number of nitrogens with one attached hydrogen (secondary N) is 1. The second-order valence-electron chi connectivity index (χ2n) is 3.38. The number of hydrogen-bond acceptors (Lipinski definition) is 4. The van der Waals surface area contributed by atoms with Crippen LogP contribution in [0.4, 0.5) is 11.5 Å².